The molecular weight excluding hydrogens is 283 g/mol. The number of fused-ring (bicyclic) bond motifs is 1. The van der Waals surface area contributed by atoms with Gasteiger partial charge in [-0.05, 0) is 6.07 Å². The number of rotatable bonds is 0. The van der Waals surface area contributed by atoms with Gasteiger partial charge in [0.05, 0.1) is 25.6 Å². The molecule has 0 N–H and O–H groups in total. The highest BCUT2D eigenvalue weighted by Gasteiger charge is 2.16. The van der Waals surface area contributed by atoms with Crippen LogP contribution in [0.3, 0.4) is 0 Å². The molecule has 0 saturated carbocycles. The van der Waals surface area contributed by atoms with Gasteiger partial charge in [-0.1, -0.05) is 46.4 Å². The molecule has 0 aliphatic carbocycles. The van der Waals surface area contributed by atoms with Crippen molar-refractivity contribution in [2.24, 2.45) is 0 Å². The molecule has 15 heavy (non-hydrogen) atoms. The van der Waals surface area contributed by atoms with E-state index < -0.39 is 5.82 Å². The number of pyridine rings is 1. The molecule has 1 nitrogen and oxygen atoms in total. The molecule has 2 rings (SSSR count). The number of nitrogens with zero attached hydrogens (tertiary/aromatic N) is 1. The first-order valence-corrected chi connectivity index (χ1v) is 5.30. The molecule has 0 unspecified atom stereocenters. The Kier molecular flexibility index (Phi) is 2.95. The zero-order chi connectivity index (χ0) is 11.2. The first kappa shape index (κ1) is 11.2. The highest BCUT2D eigenvalue weighted by molar-refractivity contribution is 6.50. The molecule has 0 atom stereocenters. The molecular formula is C9H2Cl4FN. The molecule has 0 fully saturated rings. The normalized spacial score (nSPS) is 11.0. The second kappa shape index (κ2) is 3.95. The summed E-state index contributed by atoms with van der Waals surface area (Å²) >= 11 is 22.9. The van der Waals surface area contributed by atoms with Crippen molar-refractivity contribution in [3.8, 4) is 0 Å². The van der Waals surface area contributed by atoms with Crippen LogP contribution in [-0.4, -0.2) is 4.98 Å². The van der Waals surface area contributed by atoms with Crippen LogP contribution in [0.1, 0.15) is 0 Å². The molecule has 1 heterocycles. The van der Waals surface area contributed by atoms with Crippen LogP contribution in [0, 0.1) is 5.82 Å². The van der Waals surface area contributed by atoms with Crippen LogP contribution >= 0.6 is 46.4 Å². The summed E-state index contributed by atoms with van der Waals surface area (Å²) < 4.78 is 13.6. The molecule has 0 bridgehead atoms. The number of hydrogen-bond acceptors (Lipinski definition) is 1. The lowest BCUT2D eigenvalue weighted by Crippen LogP contribution is -1.88. The standard InChI is InChI=1S/C9H2Cl4FN/c10-3-1-4-8(14)6(12)5(11)7(13)9(4)15-2-3/h1-2H. The molecule has 1 aromatic carbocycles. The maximum Gasteiger partial charge on any atom is 0.152 e. The average Bonchev–Trinajstić information content (AvgIpc) is 2.23. The largest absolute Gasteiger partial charge is 0.253 e. The van der Waals surface area contributed by atoms with Crippen LogP contribution in [0.2, 0.25) is 20.1 Å². The molecule has 6 heteroatoms. The predicted octanol–water partition coefficient (Wildman–Crippen LogP) is 4.99. The van der Waals surface area contributed by atoms with Gasteiger partial charge in [0.2, 0.25) is 0 Å². The van der Waals surface area contributed by atoms with Gasteiger partial charge in [0, 0.05) is 11.6 Å². The van der Waals surface area contributed by atoms with Crippen molar-refractivity contribution in [2.75, 3.05) is 0 Å². The predicted molar refractivity (Wildman–Crippen MR) is 61.7 cm³/mol. The van der Waals surface area contributed by atoms with E-state index in [9.17, 15) is 4.39 Å². The Bertz CT molecular complexity index is 556. The number of aromatic nitrogens is 1. The monoisotopic (exact) mass is 283 g/mol. The fraction of sp³-hybridized carbons (Fsp3) is 0. The van der Waals surface area contributed by atoms with Gasteiger partial charge in [0.25, 0.3) is 0 Å². The van der Waals surface area contributed by atoms with E-state index in [4.69, 9.17) is 46.4 Å². The van der Waals surface area contributed by atoms with E-state index in [1.807, 2.05) is 0 Å². The maximum absolute atomic E-state index is 13.6. The maximum atomic E-state index is 13.6. The lowest BCUT2D eigenvalue weighted by Gasteiger charge is -2.06. The lowest BCUT2D eigenvalue weighted by atomic mass is 10.2. The fourth-order valence-electron chi connectivity index (χ4n) is 1.20. The number of hydrogen-bond donors (Lipinski definition) is 0. The SMILES string of the molecule is Fc1c(Cl)c(Cl)c(Cl)c2ncc(Cl)cc12. The van der Waals surface area contributed by atoms with Crippen LogP contribution in [0.5, 0.6) is 0 Å². The summed E-state index contributed by atoms with van der Waals surface area (Å²) in [5, 5.41) is 0.309. The highest BCUT2D eigenvalue weighted by Crippen LogP contribution is 2.38. The highest BCUT2D eigenvalue weighted by atomic mass is 35.5. The third kappa shape index (κ3) is 1.76. The minimum absolute atomic E-state index is 0.0434. The average molecular weight is 285 g/mol. The Morgan fingerprint density at radius 2 is 1.67 bits per heavy atom. The van der Waals surface area contributed by atoms with Crippen molar-refractivity contribution in [1.82, 2.24) is 4.98 Å². The summed E-state index contributed by atoms with van der Waals surface area (Å²) in [5.74, 6) is -0.670. The molecule has 1 aromatic heterocycles. The van der Waals surface area contributed by atoms with E-state index in [2.05, 4.69) is 4.98 Å². The van der Waals surface area contributed by atoms with Gasteiger partial charge in [-0.15, -0.1) is 0 Å². The zero-order valence-corrected chi connectivity index (χ0v) is 10.0. The first-order chi connectivity index (χ1) is 7.02. The summed E-state index contributed by atoms with van der Waals surface area (Å²) in [7, 11) is 0. The van der Waals surface area contributed by atoms with Gasteiger partial charge in [0.15, 0.2) is 5.82 Å². The van der Waals surface area contributed by atoms with Crippen molar-refractivity contribution >= 4 is 57.3 Å². The minimum atomic E-state index is -0.670. The summed E-state index contributed by atoms with van der Waals surface area (Å²) in [6.45, 7) is 0. The summed E-state index contributed by atoms with van der Waals surface area (Å²) in [6.07, 6.45) is 1.36. The van der Waals surface area contributed by atoms with E-state index in [0.717, 1.165) is 0 Å². The van der Waals surface area contributed by atoms with Crippen LogP contribution in [0.25, 0.3) is 10.9 Å². The zero-order valence-electron chi connectivity index (χ0n) is 6.99. The molecule has 0 radical (unpaired) electrons. The molecule has 0 aliphatic heterocycles. The van der Waals surface area contributed by atoms with Crippen LogP contribution < -0.4 is 0 Å². The molecule has 0 spiro atoms. The Balaban J connectivity index is 3.00. The summed E-state index contributed by atoms with van der Waals surface area (Å²) in [5.41, 5.74) is 0.243. The van der Waals surface area contributed by atoms with Gasteiger partial charge >= 0.3 is 0 Å². The molecule has 78 valence electrons. The molecule has 0 amide bonds. The quantitative estimate of drug-likeness (QED) is 0.491. The Labute approximate surface area is 105 Å². The third-order valence-electron chi connectivity index (χ3n) is 1.88. The van der Waals surface area contributed by atoms with E-state index >= 15 is 0 Å². The lowest BCUT2D eigenvalue weighted by molar-refractivity contribution is 0.640. The van der Waals surface area contributed by atoms with Gasteiger partial charge in [-0.25, -0.2) is 4.39 Å². The second-order valence-corrected chi connectivity index (χ2v) is 4.38. The van der Waals surface area contributed by atoms with Gasteiger partial charge in [0.1, 0.15) is 0 Å². The van der Waals surface area contributed by atoms with Crippen molar-refractivity contribution in [3.05, 3.63) is 38.2 Å². The second-order valence-electron chi connectivity index (χ2n) is 2.81. The van der Waals surface area contributed by atoms with Crippen molar-refractivity contribution < 1.29 is 4.39 Å². The molecule has 0 saturated heterocycles. The van der Waals surface area contributed by atoms with Crippen molar-refractivity contribution in [2.45, 2.75) is 0 Å². The Morgan fingerprint density at radius 3 is 2.33 bits per heavy atom. The van der Waals surface area contributed by atoms with Crippen LogP contribution in [-0.2, 0) is 0 Å². The number of halogens is 5. The van der Waals surface area contributed by atoms with Gasteiger partial charge < -0.3 is 0 Å². The number of benzene rings is 1. The van der Waals surface area contributed by atoms with E-state index in [1.165, 1.54) is 12.3 Å². The van der Waals surface area contributed by atoms with Crippen LogP contribution in [0.15, 0.2) is 12.3 Å². The van der Waals surface area contributed by atoms with Gasteiger partial charge in [-0.2, -0.15) is 0 Å². The fourth-order valence-corrected chi connectivity index (χ4v) is 2.02. The smallest absolute Gasteiger partial charge is 0.152 e. The summed E-state index contributed by atoms with van der Waals surface area (Å²) in [4.78, 5) is 3.90. The topological polar surface area (TPSA) is 12.9 Å². The first-order valence-electron chi connectivity index (χ1n) is 3.79. The van der Waals surface area contributed by atoms with Crippen molar-refractivity contribution in [1.29, 1.82) is 0 Å². The minimum Gasteiger partial charge on any atom is -0.253 e. The van der Waals surface area contributed by atoms with Gasteiger partial charge in [-0.3, -0.25) is 4.98 Å². The third-order valence-corrected chi connectivity index (χ3v) is 3.38. The Morgan fingerprint density at radius 1 is 1.00 bits per heavy atom. The molecule has 0 aliphatic rings. The van der Waals surface area contributed by atoms with E-state index in [-0.39, 0.29) is 26.0 Å². The van der Waals surface area contributed by atoms with Crippen LogP contribution in [0.4, 0.5) is 4.39 Å². The van der Waals surface area contributed by atoms with E-state index in [0.29, 0.717) is 5.02 Å². The molecule has 2 aromatic rings. The van der Waals surface area contributed by atoms with E-state index in [1.54, 1.807) is 0 Å². The summed E-state index contributed by atoms with van der Waals surface area (Å²) in [6, 6.07) is 1.40. The Hall–Kier alpha value is -0.280. The van der Waals surface area contributed by atoms with Crippen molar-refractivity contribution in [3.63, 3.8) is 0 Å².